The lowest BCUT2D eigenvalue weighted by atomic mass is 10.0. The molecule has 0 spiro atoms. The third-order valence-corrected chi connectivity index (χ3v) is 5.59. The molecule has 1 aliphatic rings. The minimum atomic E-state index is -0.389. The van der Waals surface area contributed by atoms with Crippen molar-refractivity contribution in [1.29, 1.82) is 0 Å². The van der Waals surface area contributed by atoms with E-state index in [9.17, 15) is 9.18 Å². The lowest BCUT2D eigenvalue weighted by Gasteiger charge is -2.33. The SMILES string of the molecule is NC(=O)c1ccc2ccn(C3CCN(CCc4ccc(F)cc4)CC3)c2c1. The zero-order chi connectivity index (χ0) is 18.8. The van der Waals surface area contributed by atoms with Gasteiger partial charge in [0.1, 0.15) is 5.82 Å². The molecule has 5 heteroatoms. The van der Waals surface area contributed by atoms with Gasteiger partial charge < -0.3 is 15.2 Å². The number of hydrogen-bond acceptors (Lipinski definition) is 2. The summed E-state index contributed by atoms with van der Waals surface area (Å²) in [6.07, 6.45) is 5.22. The number of likely N-dealkylation sites (tertiary alicyclic amines) is 1. The summed E-state index contributed by atoms with van der Waals surface area (Å²) >= 11 is 0. The number of aromatic nitrogens is 1. The molecule has 4 nitrogen and oxygen atoms in total. The molecule has 0 saturated carbocycles. The van der Waals surface area contributed by atoms with Crippen molar-refractivity contribution in [2.45, 2.75) is 25.3 Å². The molecule has 2 heterocycles. The number of carbonyl (C=O) groups is 1. The van der Waals surface area contributed by atoms with Gasteiger partial charge in [-0.15, -0.1) is 0 Å². The van der Waals surface area contributed by atoms with Crippen LogP contribution in [-0.2, 0) is 6.42 Å². The molecule has 1 amide bonds. The number of halogens is 1. The van der Waals surface area contributed by atoms with E-state index in [1.165, 1.54) is 17.7 Å². The highest BCUT2D eigenvalue weighted by atomic mass is 19.1. The second kappa shape index (κ2) is 7.53. The van der Waals surface area contributed by atoms with E-state index < -0.39 is 0 Å². The maximum atomic E-state index is 13.0. The predicted molar refractivity (Wildman–Crippen MR) is 105 cm³/mol. The van der Waals surface area contributed by atoms with Crippen LogP contribution >= 0.6 is 0 Å². The first-order valence-electron chi connectivity index (χ1n) is 9.47. The van der Waals surface area contributed by atoms with E-state index in [1.54, 1.807) is 6.07 Å². The minimum absolute atomic E-state index is 0.182. The summed E-state index contributed by atoms with van der Waals surface area (Å²) in [6.45, 7) is 3.08. The van der Waals surface area contributed by atoms with Gasteiger partial charge >= 0.3 is 0 Å². The number of rotatable bonds is 5. The number of primary amides is 1. The molecule has 0 aliphatic carbocycles. The van der Waals surface area contributed by atoms with Crippen molar-refractivity contribution < 1.29 is 9.18 Å². The molecule has 140 valence electrons. The molecule has 0 radical (unpaired) electrons. The average Bonchev–Trinajstić information content (AvgIpc) is 3.11. The molecule has 27 heavy (non-hydrogen) atoms. The van der Waals surface area contributed by atoms with E-state index >= 15 is 0 Å². The molecule has 1 saturated heterocycles. The van der Waals surface area contributed by atoms with Crippen LogP contribution < -0.4 is 5.73 Å². The fourth-order valence-corrected chi connectivity index (χ4v) is 3.98. The number of carbonyl (C=O) groups excluding carboxylic acids is 1. The average molecular weight is 365 g/mol. The van der Waals surface area contributed by atoms with Crippen LogP contribution in [0.15, 0.2) is 54.7 Å². The third kappa shape index (κ3) is 3.88. The molecule has 1 aromatic heterocycles. The number of nitrogens with zero attached hydrogens (tertiary/aromatic N) is 2. The molecule has 3 aromatic rings. The summed E-state index contributed by atoms with van der Waals surface area (Å²) in [5, 5.41) is 1.14. The Bertz CT molecular complexity index is 940. The predicted octanol–water partition coefficient (Wildman–Crippen LogP) is 3.76. The van der Waals surface area contributed by atoms with E-state index in [4.69, 9.17) is 5.73 Å². The maximum Gasteiger partial charge on any atom is 0.248 e. The summed E-state index contributed by atoms with van der Waals surface area (Å²) in [6, 6.07) is 15.0. The summed E-state index contributed by atoms with van der Waals surface area (Å²) < 4.78 is 15.3. The second-order valence-corrected chi connectivity index (χ2v) is 7.31. The number of amides is 1. The van der Waals surface area contributed by atoms with Gasteiger partial charge in [0, 0.05) is 43.0 Å². The maximum absolute atomic E-state index is 13.0. The van der Waals surface area contributed by atoms with Crippen LogP contribution in [0, 0.1) is 5.82 Å². The van der Waals surface area contributed by atoms with Crippen molar-refractivity contribution in [1.82, 2.24) is 9.47 Å². The summed E-state index contributed by atoms with van der Waals surface area (Å²) in [7, 11) is 0. The van der Waals surface area contributed by atoms with Gasteiger partial charge in [-0.2, -0.15) is 0 Å². The van der Waals surface area contributed by atoms with Gasteiger partial charge in [-0.25, -0.2) is 4.39 Å². The summed E-state index contributed by atoms with van der Waals surface area (Å²) in [5.74, 6) is -0.571. The van der Waals surface area contributed by atoms with Gasteiger partial charge in [0.05, 0.1) is 0 Å². The van der Waals surface area contributed by atoms with E-state index in [0.717, 1.165) is 49.8 Å². The first-order chi connectivity index (χ1) is 13.1. The number of hydrogen-bond donors (Lipinski definition) is 1. The van der Waals surface area contributed by atoms with Crippen LogP contribution in [-0.4, -0.2) is 35.0 Å². The van der Waals surface area contributed by atoms with Gasteiger partial charge in [-0.3, -0.25) is 4.79 Å². The Morgan fingerprint density at radius 3 is 2.52 bits per heavy atom. The van der Waals surface area contributed by atoms with Crippen LogP contribution in [0.2, 0.25) is 0 Å². The quantitative estimate of drug-likeness (QED) is 0.748. The van der Waals surface area contributed by atoms with E-state index in [0.29, 0.717) is 11.6 Å². The standard InChI is InChI=1S/C22H24FN3O/c23-19-5-1-16(2-6-19)7-11-25-12-9-20(10-13-25)26-14-8-17-3-4-18(22(24)27)15-21(17)26/h1-6,8,14-15,20H,7,9-13H2,(H2,24,27). The minimum Gasteiger partial charge on any atom is -0.366 e. The highest BCUT2D eigenvalue weighted by molar-refractivity contribution is 5.97. The lowest BCUT2D eigenvalue weighted by Crippen LogP contribution is -2.35. The van der Waals surface area contributed by atoms with Gasteiger partial charge in [0.2, 0.25) is 5.91 Å². The van der Waals surface area contributed by atoms with Gasteiger partial charge in [0.15, 0.2) is 0 Å². The zero-order valence-electron chi connectivity index (χ0n) is 15.3. The Hall–Kier alpha value is -2.66. The largest absolute Gasteiger partial charge is 0.366 e. The number of piperidine rings is 1. The highest BCUT2D eigenvalue weighted by Crippen LogP contribution is 2.28. The van der Waals surface area contributed by atoms with Crippen molar-refractivity contribution in [2.75, 3.05) is 19.6 Å². The normalized spacial score (nSPS) is 16.0. The third-order valence-electron chi connectivity index (χ3n) is 5.59. The first kappa shape index (κ1) is 17.7. The fourth-order valence-electron chi connectivity index (χ4n) is 3.98. The Morgan fingerprint density at radius 2 is 1.81 bits per heavy atom. The Kier molecular flexibility index (Phi) is 4.94. The molecule has 2 N–H and O–H groups in total. The van der Waals surface area contributed by atoms with Crippen molar-refractivity contribution in [3.63, 3.8) is 0 Å². The number of benzene rings is 2. The van der Waals surface area contributed by atoms with E-state index in [1.807, 2.05) is 24.3 Å². The molecular formula is C22H24FN3O. The van der Waals surface area contributed by atoms with Crippen molar-refractivity contribution in [3.8, 4) is 0 Å². The van der Waals surface area contributed by atoms with Gasteiger partial charge in [-0.1, -0.05) is 18.2 Å². The van der Waals surface area contributed by atoms with Gasteiger partial charge in [-0.05, 0) is 60.5 Å². The van der Waals surface area contributed by atoms with Crippen LogP contribution in [0.1, 0.15) is 34.8 Å². The van der Waals surface area contributed by atoms with Crippen molar-refractivity contribution in [3.05, 3.63) is 71.7 Å². The van der Waals surface area contributed by atoms with E-state index in [-0.39, 0.29) is 11.7 Å². The summed E-state index contributed by atoms with van der Waals surface area (Å²) in [5.41, 5.74) is 8.24. The Morgan fingerprint density at radius 1 is 1.07 bits per heavy atom. The molecule has 0 unspecified atom stereocenters. The Balaban J connectivity index is 1.39. The van der Waals surface area contributed by atoms with Crippen LogP contribution in [0.3, 0.4) is 0 Å². The molecule has 1 aliphatic heterocycles. The number of nitrogens with two attached hydrogens (primary N) is 1. The zero-order valence-corrected chi connectivity index (χ0v) is 15.3. The van der Waals surface area contributed by atoms with E-state index in [2.05, 4.69) is 21.7 Å². The molecule has 0 atom stereocenters. The topological polar surface area (TPSA) is 51.3 Å². The number of fused-ring (bicyclic) bond motifs is 1. The van der Waals surface area contributed by atoms with Crippen molar-refractivity contribution >= 4 is 16.8 Å². The smallest absolute Gasteiger partial charge is 0.248 e. The molecule has 1 fully saturated rings. The molecular weight excluding hydrogens is 341 g/mol. The second-order valence-electron chi connectivity index (χ2n) is 7.31. The molecule has 4 rings (SSSR count). The highest BCUT2D eigenvalue weighted by Gasteiger charge is 2.21. The summed E-state index contributed by atoms with van der Waals surface area (Å²) in [4.78, 5) is 14.0. The first-order valence-corrected chi connectivity index (χ1v) is 9.47. The lowest BCUT2D eigenvalue weighted by molar-refractivity contribution is 0.100. The van der Waals surface area contributed by atoms with Crippen LogP contribution in [0.4, 0.5) is 4.39 Å². The van der Waals surface area contributed by atoms with Crippen LogP contribution in [0.25, 0.3) is 10.9 Å². The van der Waals surface area contributed by atoms with Crippen molar-refractivity contribution in [2.24, 2.45) is 5.73 Å². The monoisotopic (exact) mass is 365 g/mol. The molecule has 0 bridgehead atoms. The molecule has 2 aromatic carbocycles. The fraction of sp³-hybridized carbons (Fsp3) is 0.318. The Labute approximate surface area is 158 Å². The van der Waals surface area contributed by atoms with Gasteiger partial charge in [0.25, 0.3) is 0 Å². The van der Waals surface area contributed by atoms with Crippen LogP contribution in [0.5, 0.6) is 0 Å².